The molecule has 0 amide bonds. The van der Waals surface area contributed by atoms with E-state index in [0.29, 0.717) is 0 Å². The summed E-state index contributed by atoms with van der Waals surface area (Å²) < 4.78 is 41.7. The molecule has 0 aromatic heterocycles. The highest BCUT2D eigenvalue weighted by Gasteiger charge is 2.30. The lowest BCUT2D eigenvalue weighted by molar-refractivity contribution is -0.137. The van der Waals surface area contributed by atoms with Crippen LogP contribution in [0.15, 0.2) is 24.3 Å². The molecule has 0 heterocycles. The van der Waals surface area contributed by atoms with E-state index in [1.807, 2.05) is 0 Å². The fourth-order valence-corrected chi connectivity index (χ4v) is 1.04. The SMILES string of the molecule is O=C(CCl)COc1cccc(C(F)(F)F)c1. The topological polar surface area (TPSA) is 26.3 Å². The summed E-state index contributed by atoms with van der Waals surface area (Å²) in [7, 11) is 0. The molecule has 6 heteroatoms. The molecule has 0 saturated heterocycles. The third-order valence-corrected chi connectivity index (χ3v) is 2.01. The second kappa shape index (κ2) is 5.21. The lowest BCUT2D eigenvalue weighted by Crippen LogP contribution is -2.12. The average Bonchev–Trinajstić information content (AvgIpc) is 2.25. The number of hydrogen-bond donors (Lipinski definition) is 0. The Kier molecular flexibility index (Phi) is 4.18. The first-order valence-electron chi connectivity index (χ1n) is 4.31. The van der Waals surface area contributed by atoms with E-state index in [-0.39, 0.29) is 24.0 Å². The van der Waals surface area contributed by atoms with Crippen molar-refractivity contribution in [2.24, 2.45) is 0 Å². The minimum absolute atomic E-state index is 0.00621. The van der Waals surface area contributed by atoms with Gasteiger partial charge in [-0.3, -0.25) is 4.79 Å². The van der Waals surface area contributed by atoms with Crippen LogP contribution in [0.4, 0.5) is 13.2 Å². The first kappa shape index (κ1) is 12.8. The molecule has 88 valence electrons. The Balaban J connectivity index is 2.72. The summed E-state index contributed by atoms with van der Waals surface area (Å²) >= 11 is 5.21. The number of ether oxygens (including phenoxy) is 1. The number of benzene rings is 1. The van der Waals surface area contributed by atoms with Gasteiger partial charge in [-0.15, -0.1) is 11.6 Å². The molecular weight excluding hydrogens is 245 g/mol. The fourth-order valence-electron chi connectivity index (χ4n) is 0.965. The molecule has 0 N–H and O–H groups in total. The van der Waals surface area contributed by atoms with Gasteiger partial charge >= 0.3 is 6.18 Å². The third kappa shape index (κ3) is 3.73. The van der Waals surface area contributed by atoms with Gasteiger partial charge in [-0.1, -0.05) is 6.07 Å². The summed E-state index contributed by atoms with van der Waals surface area (Å²) in [6, 6.07) is 4.32. The molecule has 0 atom stereocenters. The summed E-state index contributed by atoms with van der Waals surface area (Å²) in [5.74, 6) is -0.619. The minimum Gasteiger partial charge on any atom is -0.486 e. The van der Waals surface area contributed by atoms with Gasteiger partial charge in [-0.25, -0.2) is 0 Å². The first-order valence-corrected chi connectivity index (χ1v) is 4.84. The Bertz CT molecular complexity index is 377. The van der Waals surface area contributed by atoms with Crippen LogP contribution in [-0.2, 0) is 11.0 Å². The summed E-state index contributed by atoms with van der Waals surface area (Å²) in [4.78, 5) is 10.8. The minimum atomic E-state index is -4.42. The molecule has 16 heavy (non-hydrogen) atoms. The van der Waals surface area contributed by atoms with Gasteiger partial charge in [0, 0.05) is 0 Å². The highest BCUT2D eigenvalue weighted by molar-refractivity contribution is 6.27. The molecule has 0 radical (unpaired) electrons. The fraction of sp³-hybridized carbons (Fsp3) is 0.300. The molecule has 1 aromatic carbocycles. The van der Waals surface area contributed by atoms with Gasteiger partial charge in [0.1, 0.15) is 12.4 Å². The number of alkyl halides is 4. The van der Waals surface area contributed by atoms with E-state index in [1.54, 1.807) is 0 Å². The number of hydrogen-bond acceptors (Lipinski definition) is 2. The van der Waals surface area contributed by atoms with E-state index in [4.69, 9.17) is 16.3 Å². The van der Waals surface area contributed by atoms with E-state index in [0.717, 1.165) is 12.1 Å². The van der Waals surface area contributed by atoms with Crippen molar-refractivity contribution >= 4 is 17.4 Å². The highest BCUT2D eigenvalue weighted by atomic mass is 35.5. The third-order valence-electron chi connectivity index (χ3n) is 1.71. The molecule has 0 bridgehead atoms. The Labute approximate surface area is 95.0 Å². The average molecular weight is 253 g/mol. The van der Waals surface area contributed by atoms with E-state index >= 15 is 0 Å². The maximum absolute atomic E-state index is 12.3. The predicted octanol–water partition coefficient (Wildman–Crippen LogP) is 2.89. The van der Waals surface area contributed by atoms with Gasteiger partial charge in [0.2, 0.25) is 0 Å². The second-order valence-corrected chi connectivity index (χ2v) is 3.25. The molecule has 0 aliphatic rings. The summed E-state index contributed by atoms with van der Waals surface area (Å²) in [6.45, 7) is -0.329. The van der Waals surface area contributed by atoms with Crippen molar-refractivity contribution in [3.05, 3.63) is 29.8 Å². The standard InChI is InChI=1S/C10H8ClF3O2/c11-5-8(15)6-16-9-3-1-2-7(4-9)10(12,13)14/h1-4H,5-6H2. The van der Waals surface area contributed by atoms with Gasteiger partial charge in [-0.05, 0) is 18.2 Å². The van der Waals surface area contributed by atoms with E-state index in [1.165, 1.54) is 12.1 Å². The molecular formula is C10H8ClF3O2. The van der Waals surface area contributed by atoms with Crippen LogP contribution in [0.1, 0.15) is 5.56 Å². The van der Waals surface area contributed by atoms with Crippen molar-refractivity contribution in [1.82, 2.24) is 0 Å². The first-order chi connectivity index (χ1) is 7.43. The number of rotatable bonds is 4. The zero-order chi connectivity index (χ0) is 12.2. The largest absolute Gasteiger partial charge is 0.486 e. The Morgan fingerprint density at radius 1 is 1.38 bits per heavy atom. The summed E-state index contributed by atoms with van der Waals surface area (Å²) in [5.41, 5.74) is -0.816. The lowest BCUT2D eigenvalue weighted by Gasteiger charge is -2.09. The molecule has 0 fully saturated rings. The predicted molar refractivity (Wildman–Crippen MR) is 52.7 cm³/mol. The number of Topliss-reactive ketones (excluding diaryl/α,β-unsaturated/α-hetero) is 1. The van der Waals surface area contributed by atoms with E-state index in [9.17, 15) is 18.0 Å². The van der Waals surface area contributed by atoms with Gasteiger partial charge in [0.15, 0.2) is 5.78 Å². The zero-order valence-corrected chi connectivity index (χ0v) is 8.81. The molecule has 0 aliphatic heterocycles. The molecule has 2 nitrogen and oxygen atoms in total. The van der Waals surface area contributed by atoms with Crippen LogP contribution in [0.5, 0.6) is 5.75 Å². The molecule has 0 spiro atoms. The Hall–Kier alpha value is -1.23. The van der Waals surface area contributed by atoms with Gasteiger partial charge < -0.3 is 4.74 Å². The number of carbonyl (C=O) groups is 1. The normalized spacial score (nSPS) is 11.2. The van der Waals surface area contributed by atoms with Crippen LogP contribution < -0.4 is 4.74 Å². The molecule has 0 aliphatic carbocycles. The molecule has 1 aromatic rings. The van der Waals surface area contributed by atoms with Crippen molar-refractivity contribution in [1.29, 1.82) is 0 Å². The highest BCUT2D eigenvalue weighted by Crippen LogP contribution is 2.31. The van der Waals surface area contributed by atoms with Crippen LogP contribution in [0.3, 0.4) is 0 Å². The van der Waals surface area contributed by atoms with Crippen LogP contribution in [0.25, 0.3) is 0 Å². The number of ketones is 1. The maximum atomic E-state index is 12.3. The Morgan fingerprint density at radius 2 is 2.06 bits per heavy atom. The summed E-state index contributed by atoms with van der Waals surface area (Å²) in [5, 5.41) is 0. The van der Waals surface area contributed by atoms with Crippen molar-refractivity contribution < 1.29 is 22.7 Å². The van der Waals surface area contributed by atoms with Crippen LogP contribution in [-0.4, -0.2) is 18.3 Å². The molecule has 1 rings (SSSR count). The number of halogens is 4. The van der Waals surface area contributed by atoms with Crippen molar-refractivity contribution in [3.63, 3.8) is 0 Å². The van der Waals surface area contributed by atoms with Gasteiger partial charge in [0.05, 0.1) is 11.4 Å². The lowest BCUT2D eigenvalue weighted by atomic mass is 10.2. The van der Waals surface area contributed by atoms with Gasteiger partial charge in [-0.2, -0.15) is 13.2 Å². The Morgan fingerprint density at radius 3 is 2.62 bits per heavy atom. The smallest absolute Gasteiger partial charge is 0.416 e. The van der Waals surface area contributed by atoms with Crippen molar-refractivity contribution in [3.8, 4) is 5.75 Å². The second-order valence-electron chi connectivity index (χ2n) is 2.99. The maximum Gasteiger partial charge on any atom is 0.416 e. The molecule has 0 saturated carbocycles. The van der Waals surface area contributed by atoms with Gasteiger partial charge in [0.25, 0.3) is 0 Å². The molecule has 0 unspecified atom stereocenters. The summed E-state index contributed by atoms with van der Waals surface area (Å²) in [6.07, 6.45) is -4.42. The van der Waals surface area contributed by atoms with E-state index < -0.39 is 11.7 Å². The zero-order valence-electron chi connectivity index (χ0n) is 8.05. The van der Waals surface area contributed by atoms with Crippen LogP contribution in [0, 0.1) is 0 Å². The number of carbonyl (C=O) groups excluding carboxylic acids is 1. The van der Waals surface area contributed by atoms with E-state index in [2.05, 4.69) is 0 Å². The quantitative estimate of drug-likeness (QED) is 0.770. The van der Waals surface area contributed by atoms with Crippen molar-refractivity contribution in [2.45, 2.75) is 6.18 Å². The van der Waals surface area contributed by atoms with Crippen LogP contribution in [0.2, 0.25) is 0 Å². The van der Waals surface area contributed by atoms with Crippen LogP contribution >= 0.6 is 11.6 Å². The monoisotopic (exact) mass is 252 g/mol. The van der Waals surface area contributed by atoms with Crippen molar-refractivity contribution in [2.75, 3.05) is 12.5 Å².